The maximum absolute atomic E-state index is 11.0. The van der Waals surface area contributed by atoms with Crippen LogP contribution < -0.4 is 5.32 Å². The summed E-state index contributed by atoms with van der Waals surface area (Å²) in [5.41, 5.74) is 1.14. The first-order chi connectivity index (χ1) is 8.61. The summed E-state index contributed by atoms with van der Waals surface area (Å²) in [6, 6.07) is 7.70. The Morgan fingerprint density at radius 2 is 2.06 bits per heavy atom. The number of anilines is 2. The summed E-state index contributed by atoms with van der Waals surface area (Å²) in [5.74, 6) is 0.936. The lowest BCUT2D eigenvalue weighted by Crippen LogP contribution is -2.04. The zero-order valence-electron chi connectivity index (χ0n) is 9.45. The van der Waals surface area contributed by atoms with Crippen molar-refractivity contribution < 1.29 is 4.79 Å². The van der Waals surface area contributed by atoms with Crippen LogP contribution in [0, 0.1) is 10.5 Å². The van der Waals surface area contributed by atoms with Gasteiger partial charge in [0.2, 0.25) is 0 Å². The van der Waals surface area contributed by atoms with Gasteiger partial charge in [-0.25, -0.2) is 9.97 Å². The zero-order chi connectivity index (χ0) is 13.1. The zero-order valence-corrected chi connectivity index (χ0v) is 12.4. The van der Waals surface area contributed by atoms with Crippen LogP contribution >= 0.6 is 34.2 Å². The van der Waals surface area contributed by atoms with Crippen LogP contribution in [0.25, 0.3) is 0 Å². The monoisotopic (exact) mass is 373 g/mol. The third-order valence-corrected chi connectivity index (χ3v) is 3.48. The Morgan fingerprint density at radius 3 is 2.72 bits per heavy atom. The van der Waals surface area contributed by atoms with Crippen LogP contribution in [-0.2, 0) is 0 Å². The van der Waals surface area contributed by atoms with Crippen molar-refractivity contribution in [3.05, 3.63) is 44.4 Å². The molecule has 0 radical (unpaired) electrons. The molecule has 0 saturated heterocycles. The van der Waals surface area contributed by atoms with Crippen LogP contribution in [0.15, 0.2) is 24.3 Å². The van der Waals surface area contributed by atoms with Crippen LogP contribution in [0.3, 0.4) is 0 Å². The van der Waals surface area contributed by atoms with Crippen molar-refractivity contribution in [2.75, 3.05) is 5.32 Å². The quantitative estimate of drug-likeness (QED) is 0.507. The second kappa shape index (κ2) is 5.62. The molecule has 1 heterocycles. The van der Waals surface area contributed by atoms with E-state index in [9.17, 15) is 4.79 Å². The number of nitrogens with zero attached hydrogens (tertiary/aromatic N) is 2. The fraction of sp³-hybridized carbons (Fsp3) is 0.0833. The molecule has 1 N–H and O–H groups in total. The molecule has 92 valence electrons. The molecule has 0 fully saturated rings. The average molecular weight is 374 g/mol. The first-order valence-electron chi connectivity index (χ1n) is 5.12. The van der Waals surface area contributed by atoms with Gasteiger partial charge >= 0.3 is 0 Å². The highest BCUT2D eigenvalue weighted by molar-refractivity contribution is 14.1. The third kappa shape index (κ3) is 2.78. The van der Waals surface area contributed by atoms with Gasteiger partial charge in [0.05, 0.1) is 11.3 Å². The second-order valence-corrected chi connectivity index (χ2v) is 5.07. The van der Waals surface area contributed by atoms with Gasteiger partial charge in [-0.1, -0.05) is 23.7 Å². The molecule has 0 amide bonds. The molecule has 0 aliphatic rings. The van der Waals surface area contributed by atoms with E-state index in [1.54, 1.807) is 6.92 Å². The van der Waals surface area contributed by atoms with Crippen molar-refractivity contribution in [1.82, 2.24) is 9.97 Å². The van der Waals surface area contributed by atoms with E-state index >= 15 is 0 Å². The predicted octanol–water partition coefficient (Wildman–Crippen LogP) is 3.60. The van der Waals surface area contributed by atoms with Gasteiger partial charge in [-0.15, -0.1) is 0 Å². The number of halogens is 2. The normalized spacial score (nSPS) is 10.2. The summed E-state index contributed by atoms with van der Waals surface area (Å²) in [6.45, 7) is 1.72. The minimum Gasteiger partial charge on any atom is -0.339 e. The lowest BCUT2D eigenvalue weighted by atomic mass is 10.3. The van der Waals surface area contributed by atoms with Crippen molar-refractivity contribution in [2.45, 2.75) is 6.92 Å². The Bertz CT molecular complexity index is 604. The molecule has 1 aromatic heterocycles. The number of hydrogen-bond donors (Lipinski definition) is 1. The van der Waals surface area contributed by atoms with Gasteiger partial charge in [-0.2, -0.15) is 0 Å². The van der Waals surface area contributed by atoms with E-state index in [-0.39, 0.29) is 10.7 Å². The van der Waals surface area contributed by atoms with E-state index in [1.165, 1.54) is 0 Å². The van der Waals surface area contributed by atoms with Gasteiger partial charge in [-0.3, -0.25) is 4.79 Å². The molecule has 0 aliphatic heterocycles. The molecule has 1 aromatic carbocycles. The van der Waals surface area contributed by atoms with Crippen molar-refractivity contribution in [1.29, 1.82) is 0 Å². The summed E-state index contributed by atoms with van der Waals surface area (Å²) >= 11 is 8.12. The minimum absolute atomic E-state index is 0.158. The van der Waals surface area contributed by atoms with Gasteiger partial charge in [0, 0.05) is 3.57 Å². The van der Waals surface area contributed by atoms with Crippen molar-refractivity contribution in [2.24, 2.45) is 0 Å². The Kier molecular flexibility index (Phi) is 4.13. The minimum atomic E-state index is 0.158. The van der Waals surface area contributed by atoms with Crippen LogP contribution in [-0.4, -0.2) is 16.3 Å². The molecular weight excluding hydrogens is 365 g/mol. The number of carbonyl (C=O) groups excluding carboxylic acids is 1. The Labute approximate surface area is 123 Å². The van der Waals surface area contributed by atoms with E-state index < -0.39 is 0 Å². The molecule has 6 heteroatoms. The van der Waals surface area contributed by atoms with Crippen LogP contribution in [0.1, 0.15) is 16.2 Å². The van der Waals surface area contributed by atoms with Gasteiger partial charge in [0.25, 0.3) is 0 Å². The van der Waals surface area contributed by atoms with E-state index in [2.05, 4.69) is 37.9 Å². The summed E-state index contributed by atoms with van der Waals surface area (Å²) in [5, 5.41) is 3.26. The Hall–Kier alpha value is -1.21. The number of rotatable bonds is 3. The standard InChI is InChI=1S/C12H9ClIN3O/c1-7-15-11(13)8(6-18)12(16-7)17-10-5-3-2-4-9(10)14/h2-6H,1H3,(H,15,16,17). The summed E-state index contributed by atoms with van der Waals surface area (Å²) in [4.78, 5) is 19.2. The number of aryl methyl sites for hydroxylation is 1. The van der Waals surface area contributed by atoms with Crippen LogP contribution in [0.2, 0.25) is 5.15 Å². The number of para-hydroxylation sites is 1. The van der Waals surface area contributed by atoms with E-state index in [0.29, 0.717) is 17.9 Å². The first kappa shape index (κ1) is 13.2. The fourth-order valence-electron chi connectivity index (χ4n) is 1.44. The van der Waals surface area contributed by atoms with Crippen molar-refractivity contribution in [3.8, 4) is 0 Å². The van der Waals surface area contributed by atoms with Gasteiger partial charge in [-0.05, 0) is 41.6 Å². The molecule has 0 spiro atoms. The highest BCUT2D eigenvalue weighted by Gasteiger charge is 2.12. The van der Waals surface area contributed by atoms with Crippen molar-refractivity contribution >= 4 is 52.0 Å². The molecule has 18 heavy (non-hydrogen) atoms. The number of benzene rings is 1. The smallest absolute Gasteiger partial charge is 0.156 e. The molecule has 0 unspecified atom stereocenters. The number of aromatic nitrogens is 2. The number of nitrogens with one attached hydrogen (secondary N) is 1. The molecule has 0 aliphatic carbocycles. The van der Waals surface area contributed by atoms with E-state index in [0.717, 1.165) is 9.26 Å². The Morgan fingerprint density at radius 1 is 1.33 bits per heavy atom. The van der Waals surface area contributed by atoms with Crippen molar-refractivity contribution in [3.63, 3.8) is 0 Å². The molecule has 2 rings (SSSR count). The maximum Gasteiger partial charge on any atom is 0.156 e. The fourth-order valence-corrected chi connectivity index (χ4v) is 2.22. The number of hydrogen-bond acceptors (Lipinski definition) is 4. The molecule has 0 saturated carbocycles. The summed E-state index contributed by atoms with van der Waals surface area (Å²) < 4.78 is 1.03. The second-order valence-electron chi connectivity index (χ2n) is 3.55. The summed E-state index contributed by atoms with van der Waals surface area (Å²) in [6.07, 6.45) is 0.653. The van der Waals surface area contributed by atoms with E-state index in [4.69, 9.17) is 11.6 Å². The van der Waals surface area contributed by atoms with Gasteiger partial charge in [0.1, 0.15) is 16.8 Å². The van der Waals surface area contributed by atoms with Crippen LogP contribution in [0.4, 0.5) is 11.5 Å². The number of aldehydes is 1. The lowest BCUT2D eigenvalue weighted by Gasteiger charge is -2.10. The van der Waals surface area contributed by atoms with Crippen LogP contribution in [0.5, 0.6) is 0 Å². The summed E-state index contributed by atoms with van der Waals surface area (Å²) in [7, 11) is 0. The first-order valence-corrected chi connectivity index (χ1v) is 6.58. The highest BCUT2D eigenvalue weighted by Crippen LogP contribution is 2.25. The third-order valence-electron chi connectivity index (χ3n) is 2.26. The molecule has 2 aromatic rings. The average Bonchev–Trinajstić information content (AvgIpc) is 2.31. The topological polar surface area (TPSA) is 54.9 Å². The molecule has 0 bridgehead atoms. The number of carbonyl (C=O) groups is 1. The highest BCUT2D eigenvalue weighted by atomic mass is 127. The Balaban J connectivity index is 2.46. The van der Waals surface area contributed by atoms with Gasteiger partial charge in [0.15, 0.2) is 6.29 Å². The lowest BCUT2D eigenvalue weighted by molar-refractivity contribution is 0.112. The molecule has 4 nitrogen and oxygen atoms in total. The van der Waals surface area contributed by atoms with E-state index in [1.807, 2.05) is 24.3 Å². The van der Waals surface area contributed by atoms with Gasteiger partial charge < -0.3 is 5.32 Å². The maximum atomic E-state index is 11.0. The SMILES string of the molecule is Cc1nc(Cl)c(C=O)c(Nc2ccccc2I)n1. The molecule has 0 atom stereocenters. The molecular formula is C12H9ClIN3O. The predicted molar refractivity (Wildman–Crippen MR) is 79.6 cm³/mol. The largest absolute Gasteiger partial charge is 0.339 e.